The van der Waals surface area contributed by atoms with E-state index in [0.717, 1.165) is 22.5 Å². The molecule has 198 valence electrons. The molecule has 1 N–H and O–H groups in total. The minimum atomic E-state index is -3.83. The van der Waals surface area contributed by atoms with Gasteiger partial charge in [0.25, 0.3) is 0 Å². The molecule has 2 amide bonds. The van der Waals surface area contributed by atoms with E-state index in [1.54, 1.807) is 38.3 Å². The number of anilines is 1. The molecule has 0 heterocycles. The molecule has 2 atom stereocenters. The maximum atomic E-state index is 13.7. The lowest BCUT2D eigenvalue weighted by molar-refractivity contribution is -0.140. The number of sulfonamides is 1. The molecule has 2 aromatic rings. The van der Waals surface area contributed by atoms with Crippen molar-refractivity contribution >= 4 is 39.1 Å². The number of carbonyl (C=O) groups excluding carboxylic acids is 2. The zero-order valence-corrected chi connectivity index (χ0v) is 23.3. The third-order valence-electron chi connectivity index (χ3n) is 6.02. The van der Waals surface area contributed by atoms with Gasteiger partial charge in [-0.15, -0.1) is 0 Å². The van der Waals surface area contributed by atoms with Crippen LogP contribution in [0.15, 0.2) is 42.5 Å². The molecule has 0 saturated carbocycles. The Morgan fingerprint density at radius 2 is 1.72 bits per heavy atom. The monoisotopic (exact) mass is 537 g/mol. The van der Waals surface area contributed by atoms with Gasteiger partial charge in [-0.25, -0.2) is 8.42 Å². The Morgan fingerprint density at radius 3 is 2.25 bits per heavy atom. The maximum absolute atomic E-state index is 13.7. The molecule has 0 radical (unpaired) electrons. The second kappa shape index (κ2) is 13.0. The average Bonchev–Trinajstić information content (AvgIpc) is 2.83. The van der Waals surface area contributed by atoms with E-state index in [0.29, 0.717) is 28.4 Å². The number of benzene rings is 2. The number of hydrogen-bond acceptors (Lipinski definition) is 5. The van der Waals surface area contributed by atoms with Gasteiger partial charge in [0.05, 0.1) is 19.1 Å². The number of nitrogens with one attached hydrogen (secondary N) is 1. The third-order valence-corrected chi connectivity index (χ3v) is 7.38. The number of rotatable bonds is 12. The summed E-state index contributed by atoms with van der Waals surface area (Å²) in [6, 6.07) is 11.2. The summed E-state index contributed by atoms with van der Waals surface area (Å²) in [5.74, 6) is -0.113. The molecule has 2 aromatic carbocycles. The topological polar surface area (TPSA) is 96.0 Å². The van der Waals surface area contributed by atoms with Crippen LogP contribution in [-0.4, -0.2) is 57.1 Å². The minimum absolute atomic E-state index is 0.0638. The van der Waals surface area contributed by atoms with E-state index in [9.17, 15) is 18.0 Å². The molecular formula is C26H36ClN3O5S. The van der Waals surface area contributed by atoms with Crippen molar-refractivity contribution in [3.05, 3.63) is 58.6 Å². The van der Waals surface area contributed by atoms with Crippen LogP contribution in [0.25, 0.3) is 0 Å². The maximum Gasteiger partial charge on any atom is 0.244 e. The highest BCUT2D eigenvalue weighted by Gasteiger charge is 2.32. The summed E-state index contributed by atoms with van der Waals surface area (Å²) in [5.41, 5.74) is 1.75. The van der Waals surface area contributed by atoms with E-state index >= 15 is 0 Å². The fraction of sp³-hybridized carbons (Fsp3) is 0.462. The lowest BCUT2D eigenvalue weighted by Gasteiger charge is -2.33. The zero-order valence-electron chi connectivity index (χ0n) is 21.7. The first kappa shape index (κ1) is 29.5. The van der Waals surface area contributed by atoms with E-state index in [4.69, 9.17) is 16.3 Å². The highest BCUT2D eigenvalue weighted by Crippen LogP contribution is 2.27. The number of halogens is 1. The van der Waals surface area contributed by atoms with Crippen LogP contribution in [0.5, 0.6) is 5.75 Å². The Bertz CT molecular complexity index is 1150. The number of hydrogen-bond donors (Lipinski definition) is 1. The van der Waals surface area contributed by atoms with Crippen LogP contribution in [-0.2, 0) is 26.2 Å². The highest BCUT2D eigenvalue weighted by molar-refractivity contribution is 7.92. The molecule has 0 aromatic heterocycles. The Kier molecular flexibility index (Phi) is 10.6. The summed E-state index contributed by atoms with van der Waals surface area (Å²) >= 11 is 6.14. The number of nitrogens with zero attached hydrogens (tertiary/aromatic N) is 2. The molecule has 10 heteroatoms. The van der Waals surface area contributed by atoms with Crippen molar-refractivity contribution in [2.24, 2.45) is 0 Å². The van der Waals surface area contributed by atoms with Crippen molar-refractivity contribution in [2.75, 3.05) is 24.2 Å². The molecule has 0 aliphatic carbocycles. The molecule has 2 rings (SSSR count). The number of methoxy groups -OCH3 is 1. The van der Waals surface area contributed by atoms with Gasteiger partial charge in [-0.2, -0.15) is 0 Å². The van der Waals surface area contributed by atoms with E-state index in [1.807, 2.05) is 32.9 Å². The van der Waals surface area contributed by atoms with Crippen LogP contribution in [0, 0.1) is 6.92 Å². The third kappa shape index (κ3) is 7.86. The lowest BCUT2D eigenvalue weighted by atomic mass is 10.1. The minimum Gasteiger partial charge on any atom is -0.497 e. The second-order valence-corrected chi connectivity index (χ2v) is 11.2. The molecule has 0 fully saturated rings. The number of ether oxygens (including phenoxy) is 1. The molecule has 0 aliphatic heterocycles. The van der Waals surface area contributed by atoms with E-state index in [-0.39, 0.29) is 18.5 Å². The largest absolute Gasteiger partial charge is 0.497 e. The average molecular weight is 538 g/mol. The van der Waals surface area contributed by atoms with Gasteiger partial charge in [0.15, 0.2) is 0 Å². The van der Waals surface area contributed by atoms with Crippen molar-refractivity contribution in [1.29, 1.82) is 0 Å². The highest BCUT2D eigenvalue weighted by atomic mass is 35.5. The molecule has 0 aliphatic rings. The summed E-state index contributed by atoms with van der Waals surface area (Å²) in [4.78, 5) is 28.3. The van der Waals surface area contributed by atoms with Crippen molar-refractivity contribution < 1.29 is 22.7 Å². The van der Waals surface area contributed by atoms with E-state index in [2.05, 4.69) is 5.32 Å². The summed E-state index contributed by atoms with van der Waals surface area (Å²) in [6.45, 7) is 7.09. The van der Waals surface area contributed by atoms with Gasteiger partial charge in [-0.05, 0) is 62.1 Å². The molecule has 0 bridgehead atoms. The predicted molar refractivity (Wildman–Crippen MR) is 144 cm³/mol. The molecule has 8 nitrogen and oxygen atoms in total. The molecular weight excluding hydrogens is 502 g/mol. The van der Waals surface area contributed by atoms with Gasteiger partial charge in [0.2, 0.25) is 21.8 Å². The van der Waals surface area contributed by atoms with Crippen molar-refractivity contribution in [3.63, 3.8) is 0 Å². The number of aryl methyl sites for hydroxylation is 1. The van der Waals surface area contributed by atoms with Crippen LogP contribution in [0.2, 0.25) is 5.02 Å². The van der Waals surface area contributed by atoms with Gasteiger partial charge >= 0.3 is 0 Å². The van der Waals surface area contributed by atoms with Crippen molar-refractivity contribution in [1.82, 2.24) is 10.2 Å². The van der Waals surface area contributed by atoms with Gasteiger partial charge in [-0.3, -0.25) is 13.9 Å². The van der Waals surface area contributed by atoms with Crippen LogP contribution < -0.4 is 14.4 Å². The summed E-state index contributed by atoms with van der Waals surface area (Å²) in [6.07, 6.45) is 2.14. The predicted octanol–water partition coefficient (Wildman–Crippen LogP) is 4.15. The van der Waals surface area contributed by atoms with Gasteiger partial charge in [0, 0.05) is 17.6 Å². The first-order valence-electron chi connectivity index (χ1n) is 11.9. The standard InChI is InChI=1S/C26H36ClN3O5S/c1-7-19(4)28-26(32)23(8-2)29(16-20-10-13-22(35-5)14-11-20)25(31)17-30(36(6,33)34)24-15-21(27)12-9-18(24)3/h9-15,19,23H,7-8,16-17H2,1-6H3,(H,28,32)/t19-,23-/m1/s1. The smallest absolute Gasteiger partial charge is 0.244 e. The Hall–Kier alpha value is -2.78. The van der Waals surface area contributed by atoms with Crippen LogP contribution in [0.3, 0.4) is 0 Å². The molecule has 0 saturated heterocycles. The molecule has 0 unspecified atom stereocenters. The Morgan fingerprint density at radius 1 is 1.08 bits per heavy atom. The number of amides is 2. The summed E-state index contributed by atoms with van der Waals surface area (Å²) in [5, 5.41) is 3.30. The van der Waals surface area contributed by atoms with E-state index < -0.39 is 28.5 Å². The second-order valence-electron chi connectivity index (χ2n) is 8.81. The fourth-order valence-electron chi connectivity index (χ4n) is 3.73. The SMILES string of the molecule is CC[C@@H](C)NC(=O)[C@@H](CC)N(Cc1ccc(OC)cc1)C(=O)CN(c1cc(Cl)ccc1C)S(C)(=O)=O. The van der Waals surface area contributed by atoms with Gasteiger partial charge in [0.1, 0.15) is 18.3 Å². The van der Waals surface area contributed by atoms with E-state index in [1.165, 1.54) is 11.0 Å². The quantitative estimate of drug-likeness (QED) is 0.439. The van der Waals surface area contributed by atoms with Crippen LogP contribution in [0.1, 0.15) is 44.7 Å². The van der Waals surface area contributed by atoms with Gasteiger partial charge in [-0.1, -0.05) is 43.6 Å². The van der Waals surface area contributed by atoms with Crippen LogP contribution in [0.4, 0.5) is 5.69 Å². The van der Waals surface area contributed by atoms with Crippen molar-refractivity contribution in [3.8, 4) is 5.75 Å². The summed E-state index contributed by atoms with van der Waals surface area (Å²) < 4.78 is 31.8. The van der Waals surface area contributed by atoms with Crippen molar-refractivity contribution in [2.45, 2.75) is 59.2 Å². The summed E-state index contributed by atoms with van der Waals surface area (Å²) in [7, 11) is -2.27. The number of carbonyl (C=O) groups is 2. The molecule has 0 spiro atoms. The first-order valence-corrected chi connectivity index (χ1v) is 14.1. The normalized spacial score (nSPS) is 13.0. The lowest BCUT2D eigenvalue weighted by Crippen LogP contribution is -2.53. The van der Waals surface area contributed by atoms with Gasteiger partial charge < -0.3 is 15.0 Å². The van der Waals surface area contributed by atoms with Crippen LogP contribution >= 0.6 is 11.6 Å². The zero-order chi connectivity index (χ0) is 27.0. The first-order chi connectivity index (χ1) is 16.9. The Balaban J connectivity index is 2.48. The molecule has 36 heavy (non-hydrogen) atoms. The Labute approximate surface area is 219 Å². The fourth-order valence-corrected chi connectivity index (χ4v) is 4.80.